The predicted molar refractivity (Wildman–Crippen MR) is 113 cm³/mol. The van der Waals surface area contributed by atoms with E-state index in [1.165, 1.54) is 17.5 Å². The minimum absolute atomic E-state index is 0.0110. The maximum Gasteiger partial charge on any atom is 0.108 e. The van der Waals surface area contributed by atoms with Crippen LogP contribution < -0.4 is 0 Å². The molecule has 1 unspecified atom stereocenters. The van der Waals surface area contributed by atoms with E-state index in [0.717, 1.165) is 38.2 Å². The van der Waals surface area contributed by atoms with Crippen LogP contribution in [0.3, 0.4) is 0 Å². The van der Waals surface area contributed by atoms with Crippen molar-refractivity contribution in [1.29, 1.82) is 0 Å². The van der Waals surface area contributed by atoms with Crippen LogP contribution in [0.5, 0.6) is 0 Å². The first-order valence-electron chi connectivity index (χ1n) is 10.3. The van der Waals surface area contributed by atoms with Crippen LogP contribution >= 0.6 is 0 Å². The van der Waals surface area contributed by atoms with Gasteiger partial charge in [0, 0.05) is 31.4 Å². The molecule has 2 heterocycles. The fourth-order valence-electron chi connectivity index (χ4n) is 3.94. The van der Waals surface area contributed by atoms with Crippen molar-refractivity contribution in [2.24, 2.45) is 0 Å². The molecule has 0 saturated carbocycles. The first-order valence-corrected chi connectivity index (χ1v) is 10.3. The maximum absolute atomic E-state index is 6.69. The van der Waals surface area contributed by atoms with Crippen LogP contribution in [-0.4, -0.2) is 35.6 Å². The summed E-state index contributed by atoms with van der Waals surface area (Å²) in [7, 11) is 0. The smallest absolute Gasteiger partial charge is 0.108 e. The summed E-state index contributed by atoms with van der Waals surface area (Å²) >= 11 is 0. The number of ether oxygens (including phenoxy) is 1. The fourth-order valence-corrected chi connectivity index (χ4v) is 3.94. The quantitative estimate of drug-likeness (QED) is 0.590. The molecule has 1 aliphatic rings. The molecule has 28 heavy (non-hydrogen) atoms. The Morgan fingerprint density at radius 1 is 0.893 bits per heavy atom. The fraction of sp³-hybridized carbons (Fsp3) is 0.320. The Kier molecular flexibility index (Phi) is 6.48. The third-order valence-corrected chi connectivity index (χ3v) is 5.41. The molecule has 0 spiro atoms. The number of aromatic nitrogens is 1. The van der Waals surface area contributed by atoms with Crippen molar-refractivity contribution in [1.82, 2.24) is 9.88 Å². The molecule has 2 aromatic carbocycles. The number of piperidine rings is 1. The van der Waals surface area contributed by atoms with Crippen molar-refractivity contribution in [3.8, 4) is 0 Å². The van der Waals surface area contributed by atoms with Gasteiger partial charge in [-0.15, -0.1) is 0 Å². The highest BCUT2D eigenvalue weighted by Gasteiger charge is 2.25. The predicted octanol–water partition coefficient (Wildman–Crippen LogP) is 4.89. The van der Waals surface area contributed by atoms with E-state index in [1.54, 1.807) is 0 Å². The standard InChI is InChI=1S/C25H28N2O/c1-3-10-21(11-4-1)25(22-12-5-2-6-13-22)28-24-15-9-18-27(20-24)19-16-23-14-7-8-17-26-23/h1-8,10-14,17,24-25H,9,15-16,18-20H2. The molecule has 1 atom stereocenters. The van der Waals surface area contributed by atoms with Crippen molar-refractivity contribution < 1.29 is 4.74 Å². The monoisotopic (exact) mass is 372 g/mol. The van der Waals surface area contributed by atoms with Crippen molar-refractivity contribution in [2.75, 3.05) is 19.6 Å². The average Bonchev–Trinajstić information content (AvgIpc) is 2.78. The largest absolute Gasteiger partial charge is 0.364 e. The van der Waals surface area contributed by atoms with E-state index in [9.17, 15) is 0 Å². The van der Waals surface area contributed by atoms with Crippen molar-refractivity contribution in [2.45, 2.75) is 31.5 Å². The van der Waals surface area contributed by atoms with Gasteiger partial charge in [0.05, 0.1) is 6.10 Å². The molecular formula is C25H28N2O. The summed E-state index contributed by atoms with van der Waals surface area (Å²) in [6.07, 6.45) is 5.42. The van der Waals surface area contributed by atoms with Gasteiger partial charge in [-0.05, 0) is 42.6 Å². The van der Waals surface area contributed by atoms with Crippen LogP contribution in [0.15, 0.2) is 85.1 Å². The van der Waals surface area contributed by atoms with Gasteiger partial charge < -0.3 is 9.64 Å². The normalized spacial score (nSPS) is 17.7. The van der Waals surface area contributed by atoms with E-state index in [4.69, 9.17) is 4.74 Å². The summed E-state index contributed by atoms with van der Waals surface area (Å²) < 4.78 is 6.69. The molecule has 0 radical (unpaired) electrons. The van der Waals surface area contributed by atoms with E-state index >= 15 is 0 Å². The van der Waals surface area contributed by atoms with Crippen molar-refractivity contribution in [3.05, 3.63) is 102 Å². The zero-order chi connectivity index (χ0) is 19.0. The average molecular weight is 373 g/mol. The summed E-state index contributed by atoms with van der Waals surface area (Å²) in [6, 6.07) is 27.3. The molecule has 1 saturated heterocycles. The topological polar surface area (TPSA) is 25.4 Å². The third kappa shape index (κ3) is 5.06. The van der Waals surface area contributed by atoms with Gasteiger partial charge in [-0.1, -0.05) is 66.7 Å². The number of pyridine rings is 1. The Morgan fingerprint density at radius 2 is 1.57 bits per heavy atom. The third-order valence-electron chi connectivity index (χ3n) is 5.41. The minimum atomic E-state index is -0.0110. The van der Waals surface area contributed by atoms with Crippen LogP contribution in [0.2, 0.25) is 0 Å². The molecule has 1 fully saturated rings. The lowest BCUT2D eigenvalue weighted by Gasteiger charge is -2.35. The van der Waals surface area contributed by atoms with Gasteiger partial charge in [-0.25, -0.2) is 0 Å². The van der Waals surface area contributed by atoms with E-state index in [0.29, 0.717) is 0 Å². The molecule has 3 heteroatoms. The number of hydrogen-bond donors (Lipinski definition) is 0. The van der Waals surface area contributed by atoms with Gasteiger partial charge in [-0.2, -0.15) is 0 Å². The molecule has 4 rings (SSSR count). The highest BCUT2D eigenvalue weighted by Crippen LogP contribution is 2.29. The Morgan fingerprint density at radius 3 is 2.21 bits per heavy atom. The second-order valence-corrected chi connectivity index (χ2v) is 7.47. The number of hydrogen-bond acceptors (Lipinski definition) is 3. The van der Waals surface area contributed by atoms with E-state index in [2.05, 4.69) is 82.7 Å². The SMILES string of the molecule is c1ccc(C(OC2CCCN(CCc3ccccn3)C2)c2ccccc2)cc1. The van der Waals surface area contributed by atoms with Gasteiger partial charge >= 0.3 is 0 Å². The molecule has 3 nitrogen and oxygen atoms in total. The van der Waals surface area contributed by atoms with Gasteiger partial charge in [0.25, 0.3) is 0 Å². The molecular weight excluding hydrogens is 344 g/mol. The zero-order valence-corrected chi connectivity index (χ0v) is 16.3. The van der Waals surface area contributed by atoms with Gasteiger partial charge in [0.1, 0.15) is 6.10 Å². The Balaban J connectivity index is 1.42. The zero-order valence-electron chi connectivity index (χ0n) is 16.3. The Hall–Kier alpha value is -2.49. The van der Waals surface area contributed by atoms with Crippen molar-refractivity contribution in [3.63, 3.8) is 0 Å². The molecule has 144 valence electrons. The number of nitrogens with zero attached hydrogens (tertiary/aromatic N) is 2. The van der Waals surface area contributed by atoms with Crippen LogP contribution in [0, 0.1) is 0 Å². The lowest BCUT2D eigenvalue weighted by Crippen LogP contribution is -2.41. The number of benzene rings is 2. The summed E-state index contributed by atoms with van der Waals surface area (Å²) in [5.74, 6) is 0. The molecule has 1 aliphatic heterocycles. The van der Waals surface area contributed by atoms with E-state index in [1.807, 2.05) is 12.3 Å². The second-order valence-electron chi connectivity index (χ2n) is 7.47. The molecule has 0 aliphatic carbocycles. The Bertz CT molecular complexity index is 783. The molecule has 3 aromatic rings. The van der Waals surface area contributed by atoms with Crippen LogP contribution in [-0.2, 0) is 11.2 Å². The lowest BCUT2D eigenvalue weighted by atomic mass is 10.00. The molecule has 0 N–H and O–H groups in total. The van der Waals surface area contributed by atoms with Crippen LogP contribution in [0.25, 0.3) is 0 Å². The summed E-state index contributed by atoms with van der Waals surface area (Å²) in [5.41, 5.74) is 3.61. The second kappa shape index (κ2) is 9.63. The van der Waals surface area contributed by atoms with Gasteiger partial charge in [-0.3, -0.25) is 4.98 Å². The van der Waals surface area contributed by atoms with Crippen LogP contribution in [0.1, 0.15) is 35.8 Å². The van der Waals surface area contributed by atoms with Gasteiger partial charge in [0.2, 0.25) is 0 Å². The highest BCUT2D eigenvalue weighted by molar-refractivity contribution is 5.30. The molecule has 0 amide bonds. The number of likely N-dealkylation sites (tertiary alicyclic amines) is 1. The van der Waals surface area contributed by atoms with Crippen molar-refractivity contribution >= 4 is 0 Å². The van der Waals surface area contributed by atoms with E-state index in [-0.39, 0.29) is 12.2 Å². The Labute approximate surface area is 168 Å². The van der Waals surface area contributed by atoms with E-state index < -0.39 is 0 Å². The maximum atomic E-state index is 6.69. The number of rotatable bonds is 7. The summed E-state index contributed by atoms with van der Waals surface area (Å²) in [4.78, 5) is 6.98. The first kappa shape index (κ1) is 18.9. The minimum Gasteiger partial charge on any atom is -0.364 e. The molecule has 1 aromatic heterocycles. The summed E-state index contributed by atoms with van der Waals surface area (Å²) in [5, 5.41) is 0. The summed E-state index contributed by atoms with van der Waals surface area (Å²) in [6.45, 7) is 3.18. The lowest BCUT2D eigenvalue weighted by molar-refractivity contribution is -0.0330. The van der Waals surface area contributed by atoms with Gasteiger partial charge in [0.15, 0.2) is 0 Å². The van der Waals surface area contributed by atoms with Crippen LogP contribution in [0.4, 0.5) is 0 Å². The highest BCUT2D eigenvalue weighted by atomic mass is 16.5. The first-order chi connectivity index (χ1) is 13.9. The molecule has 0 bridgehead atoms.